The second kappa shape index (κ2) is 15.8. The van der Waals surface area contributed by atoms with E-state index in [0.29, 0.717) is 0 Å². The van der Waals surface area contributed by atoms with Crippen LogP contribution in [0.3, 0.4) is 0 Å². The van der Waals surface area contributed by atoms with Crippen molar-refractivity contribution in [2.75, 3.05) is 0 Å². The second-order valence-electron chi connectivity index (χ2n) is 9.45. The van der Waals surface area contributed by atoms with Gasteiger partial charge in [0.05, 0.1) is 0 Å². The average Bonchev–Trinajstić information content (AvgIpc) is 2.80. The van der Waals surface area contributed by atoms with Gasteiger partial charge in [0.1, 0.15) is 11.5 Å². The van der Waals surface area contributed by atoms with Crippen LogP contribution in [0.15, 0.2) is 36.4 Å². The first-order valence-electron chi connectivity index (χ1n) is 13.3. The molecular weight excluding hydrogens is 392 g/mol. The second-order valence-corrected chi connectivity index (χ2v) is 9.45. The van der Waals surface area contributed by atoms with Gasteiger partial charge in [-0.05, 0) is 61.1 Å². The molecule has 0 atom stereocenters. The molecule has 0 heterocycles. The summed E-state index contributed by atoms with van der Waals surface area (Å²) in [6.07, 6.45) is 20.3. The van der Waals surface area contributed by atoms with E-state index in [1.165, 1.54) is 101 Å². The molecular formula is C30H46O2. The molecule has 2 nitrogen and oxygen atoms in total. The molecule has 2 heteroatoms. The molecule has 178 valence electrons. The van der Waals surface area contributed by atoms with Crippen LogP contribution in [0, 0.1) is 0 Å². The summed E-state index contributed by atoms with van der Waals surface area (Å²) < 4.78 is 0. The minimum absolute atomic E-state index is 0.247. The Morgan fingerprint density at radius 2 is 0.812 bits per heavy atom. The molecule has 32 heavy (non-hydrogen) atoms. The van der Waals surface area contributed by atoms with Crippen molar-refractivity contribution in [3.05, 3.63) is 47.5 Å². The highest BCUT2D eigenvalue weighted by Crippen LogP contribution is 2.37. The van der Waals surface area contributed by atoms with Gasteiger partial charge in [0.15, 0.2) is 0 Å². The normalized spacial score (nSPS) is 11.2. The topological polar surface area (TPSA) is 40.5 Å². The Labute approximate surface area is 197 Å². The minimum atomic E-state index is 0.247. The number of benzene rings is 2. The van der Waals surface area contributed by atoms with E-state index in [1.807, 2.05) is 12.1 Å². The van der Waals surface area contributed by atoms with Gasteiger partial charge < -0.3 is 10.2 Å². The summed E-state index contributed by atoms with van der Waals surface area (Å²) in [6.45, 7) is 4.51. The number of phenols is 2. The smallest absolute Gasteiger partial charge is 0.123 e. The van der Waals surface area contributed by atoms with E-state index in [0.717, 1.165) is 24.0 Å². The zero-order valence-corrected chi connectivity index (χ0v) is 20.7. The molecule has 0 radical (unpaired) electrons. The van der Waals surface area contributed by atoms with Gasteiger partial charge in [-0.25, -0.2) is 0 Å². The Hall–Kier alpha value is -1.96. The lowest BCUT2D eigenvalue weighted by molar-refractivity contribution is 0.468. The van der Waals surface area contributed by atoms with E-state index >= 15 is 0 Å². The van der Waals surface area contributed by atoms with Gasteiger partial charge in [0, 0.05) is 11.1 Å². The van der Waals surface area contributed by atoms with Crippen LogP contribution in [0.25, 0.3) is 11.1 Å². The molecule has 0 aliphatic rings. The van der Waals surface area contributed by atoms with Crippen LogP contribution in [0.2, 0.25) is 0 Å². The lowest BCUT2D eigenvalue weighted by atomic mass is 9.95. The van der Waals surface area contributed by atoms with Gasteiger partial charge in [0.2, 0.25) is 0 Å². The predicted octanol–water partition coefficient (Wildman–Crippen LogP) is 9.35. The number of unbranched alkanes of at least 4 members (excludes halogenated alkanes) is 12. The standard InChI is InChI=1S/C30H46O2/c1-3-5-7-9-11-13-15-17-25-19-21-29(31)27(23-25)28-24-26(20-22-30(28)32)18-16-14-12-10-8-6-4-2/h19-24,31-32H,3-18H2,1-2H3. The SMILES string of the molecule is CCCCCCCCCc1ccc(O)c(-c2cc(CCCCCCCCC)ccc2O)c1. The average molecular weight is 439 g/mol. The van der Waals surface area contributed by atoms with Crippen molar-refractivity contribution in [1.82, 2.24) is 0 Å². The fourth-order valence-corrected chi connectivity index (χ4v) is 4.48. The van der Waals surface area contributed by atoms with Crippen LogP contribution in [0.4, 0.5) is 0 Å². The quantitative estimate of drug-likeness (QED) is 0.241. The predicted molar refractivity (Wildman–Crippen MR) is 139 cm³/mol. The third kappa shape index (κ3) is 9.67. The Morgan fingerprint density at radius 3 is 1.19 bits per heavy atom. The van der Waals surface area contributed by atoms with E-state index in [9.17, 15) is 10.2 Å². The summed E-state index contributed by atoms with van der Waals surface area (Å²) in [5, 5.41) is 21.0. The molecule has 0 bridgehead atoms. The van der Waals surface area contributed by atoms with Gasteiger partial charge >= 0.3 is 0 Å². The maximum Gasteiger partial charge on any atom is 0.123 e. The van der Waals surface area contributed by atoms with E-state index in [-0.39, 0.29) is 11.5 Å². The van der Waals surface area contributed by atoms with Crippen LogP contribution in [0.5, 0.6) is 11.5 Å². The number of hydrogen-bond acceptors (Lipinski definition) is 2. The molecule has 2 N–H and O–H groups in total. The summed E-state index contributed by atoms with van der Waals surface area (Å²) in [7, 11) is 0. The first-order chi connectivity index (χ1) is 15.7. The molecule has 0 fully saturated rings. The summed E-state index contributed by atoms with van der Waals surface area (Å²) in [6, 6.07) is 11.8. The van der Waals surface area contributed by atoms with Crippen molar-refractivity contribution in [2.24, 2.45) is 0 Å². The Kier molecular flexibility index (Phi) is 13.0. The lowest BCUT2D eigenvalue weighted by Crippen LogP contribution is -1.91. The lowest BCUT2D eigenvalue weighted by Gasteiger charge is -2.12. The molecule has 0 saturated heterocycles. The van der Waals surface area contributed by atoms with Gasteiger partial charge in [-0.15, -0.1) is 0 Å². The first-order valence-corrected chi connectivity index (χ1v) is 13.3. The number of rotatable bonds is 17. The zero-order valence-electron chi connectivity index (χ0n) is 20.7. The van der Waals surface area contributed by atoms with Gasteiger partial charge in [-0.1, -0.05) is 103 Å². The molecule has 0 unspecified atom stereocenters. The van der Waals surface area contributed by atoms with Crippen molar-refractivity contribution < 1.29 is 10.2 Å². The molecule has 0 aromatic heterocycles. The Morgan fingerprint density at radius 1 is 0.469 bits per heavy atom. The zero-order chi connectivity index (χ0) is 23.0. The highest BCUT2D eigenvalue weighted by molar-refractivity contribution is 5.76. The summed E-state index contributed by atoms with van der Waals surface area (Å²) >= 11 is 0. The third-order valence-electron chi connectivity index (χ3n) is 6.55. The third-order valence-corrected chi connectivity index (χ3v) is 6.55. The van der Waals surface area contributed by atoms with Gasteiger partial charge in [-0.2, -0.15) is 0 Å². The van der Waals surface area contributed by atoms with Gasteiger partial charge in [0.25, 0.3) is 0 Å². The van der Waals surface area contributed by atoms with E-state index in [1.54, 1.807) is 12.1 Å². The van der Waals surface area contributed by atoms with Crippen LogP contribution >= 0.6 is 0 Å². The van der Waals surface area contributed by atoms with Crippen molar-refractivity contribution in [1.29, 1.82) is 0 Å². The van der Waals surface area contributed by atoms with Crippen LogP contribution in [-0.2, 0) is 12.8 Å². The molecule has 0 aliphatic carbocycles. The first kappa shape index (κ1) is 26.3. The molecule has 0 amide bonds. The van der Waals surface area contributed by atoms with Crippen molar-refractivity contribution in [3.8, 4) is 22.6 Å². The highest BCUT2D eigenvalue weighted by atomic mass is 16.3. The van der Waals surface area contributed by atoms with E-state index in [2.05, 4.69) is 26.0 Å². The molecule has 2 aromatic carbocycles. The highest BCUT2D eigenvalue weighted by Gasteiger charge is 2.11. The molecule has 0 spiro atoms. The van der Waals surface area contributed by atoms with Crippen LogP contribution in [0.1, 0.15) is 115 Å². The van der Waals surface area contributed by atoms with Crippen molar-refractivity contribution in [3.63, 3.8) is 0 Å². The molecule has 0 aliphatic heterocycles. The number of aryl methyl sites for hydroxylation is 2. The molecule has 2 rings (SSSR count). The minimum Gasteiger partial charge on any atom is -0.507 e. The van der Waals surface area contributed by atoms with E-state index < -0.39 is 0 Å². The summed E-state index contributed by atoms with van der Waals surface area (Å²) in [5.74, 6) is 0.494. The maximum absolute atomic E-state index is 10.5. The summed E-state index contributed by atoms with van der Waals surface area (Å²) in [4.78, 5) is 0. The van der Waals surface area contributed by atoms with E-state index in [4.69, 9.17) is 0 Å². The summed E-state index contributed by atoms with van der Waals surface area (Å²) in [5.41, 5.74) is 3.99. The fourth-order valence-electron chi connectivity index (χ4n) is 4.48. The Bertz CT molecular complexity index is 700. The fraction of sp³-hybridized carbons (Fsp3) is 0.600. The van der Waals surface area contributed by atoms with Crippen LogP contribution in [-0.4, -0.2) is 10.2 Å². The van der Waals surface area contributed by atoms with Crippen molar-refractivity contribution in [2.45, 2.75) is 117 Å². The Balaban J connectivity index is 1.90. The maximum atomic E-state index is 10.5. The number of aromatic hydroxyl groups is 2. The molecule has 0 saturated carbocycles. The van der Waals surface area contributed by atoms with Crippen molar-refractivity contribution >= 4 is 0 Å². The van der Waals surface area contributed by atoms with Gasteiger partial charge in [-0.3, -0.25) is 0 Å². The number of hydrogen-bond donors (Lipinski definition) is 2. The number of phenolic OH excluding ortho intramolecular Hbond substituents is 2. The monoisotopic (exact) mass is 438 g/mol. The molecule has 2 aromatic rings. The van der Waals surface area contributed by atoms with Crippen LogP contribution < -0.4 is 0 Å². The largest absolute Gasteiger partial charge is 0.507 e.